The predicted molar refractivity (Wildman–Crippen MR) is 102 cm³/mol. The Balaban J connectivity index is 1.51. The Morgan fingerprint density at radius 3 is 2.27 bits per heavy atom. The molecular weight excluding hydrogens is 330 g/mol. The summed E-state index contributed by atoms with van der Waals surface area (Å²) in [6.07, 6.45) is 7.43. The number of hydrogen-bond donors (Lipinski definition) is 3. The van der Waals surface area contributed by atoms with Crippen molar-refractivity contribution in [1.82, 2.24) is 0 Å². The number of nitrogens with two attached hydrogens (primary N) is 1. The number of anilines is 2. The van der Waals surface area contributed by atoms with Crippen LogP contribution in [0, 0.1) is 5.41 Å². The first-order chi connectivity index (χ1) is 12.6. The van der Waals surface area contributed by atoms with E-state index in [1.807, 2.05) is 0 Å². The van der Waals surface area contributed by atoms with Crippen LogP contribution in [-0.4, -0.2) is 31.1 Å². The molecule has 142 valence electrons. The van der Waals surface area contributed by atoms with Crippen molar-refractivity contribution in [3.63, 3.8) is 0 Å². The molecule has 1 aromatic carbocycles. The van der Waals surface area contributed by atoms with Crippen molar-refractivity contribution in [3.8, 4) is 0 Å². The predicted octanol–water partition coefficient (Wildman–Crippen LogP) is 3.04. The average molecular weight is 359 g/mol. The van der Waals surface area contributed by atoms with Gasteiger partial charge in [0, 0.05) is 24.4 Å². The third kappa shape index (κ3) is 4.83. The maximum Gasteiger partial charge on any atom is 0.253 e. The zero-order valence-electron chi connectivity index (χ0n) is 15.3. The molecule has 1 saturated heterocycles. The SMILES string of the molecule is NCC1(CC(=O)Nc2ccc(NC(=O)C3CCCO3)cc2)CCCCC1. The summed E-state index contributed by atoms with van der Waals surface area (Å²) >= 11 is 0. The van der Waals surface area contributed by atoms with Crippen molar-refractivity contribution in [2.24, 2.45) is 11.1 Å². The summed E-state index contributed by atoms with van der Waals surface area (Å²) in [4.78, 5) is 24.5. The van der Waals surface area contributed by atoms with Gasteiger partial charge >= 0.3 is 0 Å². The van der Waals surface area contributed by atoms with Crippen molar-refractivity contribution in [2.75, 3.05) is 23.8 Å². The van der Waals surface area contributed by atoms with E-state index in [0.29, 0.717) is 25.3 Å². The Kier molecular flexibility index (Phi) is 6.27. The molecule has 1 saturated carbocycles. The quantitative estimate of drug-likeness (QED) is 0.728. The van der Waals surface area contributed by atoms with E-state index in [-0.39, 0.29) is 23.3 Å². The molecule has 0 radical (unpaired) electrons. The number of rotatable bonds is 6. The molecule has 6 heteroatoms. The monoisotopic (exact) mass is 359 g/mol. The van der Waals surface area contributed by atoms with Gasteiger partial charge < -0.3 is 21.1 Å². The van der Waals surface area contributed by atoms with E-state index in [0.717, 1.165) is 44.2 Å². The van der Waals surface area contributed by atoms with Crippen LogP contribution >= 0.6 is 0 Å². The molecule has 26 heavy (non-hydrogen) atoms. The van der Waals surface area contributed by atoms with Crippen molar-refractivity contribution in [2.45, 2.75) is 57.5 Å². The Morgan fingerprint density at radius 2 is 1.69 bits per heavy atom. The van der Waals surface area contributed by atoms with E-state index in [1.165, 1.54) is 6.42 Å². The molecule has 0 bridgehead atoms. The minimum atomic E-state index is -0.350. The lowest BCUT2D eigenvalue weighted by Crippen LogP contribution is -2.36. The van der Waals surface area contributed by atoms with Crippen molar-refractivity contribution >= 4 is 23.2 Å². The standard InChI is InChI=1S/C20H29N3O3/c21-14-20(10-2-1-3-11-20)13-18(24)22-15-6-8-16(9-7-15)23-19(25)17-5-4-12-26-17/h6-9,17H,1-5,10-14,21H2,(H,22,24)(H,23,25). The summed E-state index contributed by atoms with van der Waals surface area (Å²) < 4.78 is 5.38. The van der Waals surface area contributed by atoms with Gasteiger partial charge in [-0.2, -0.15) is 0 Å². The van der Waals surface area contributed by atoms with Crippen molar-refractivity contribution in [1.29, 1.82) is 0 Å². The second-order valence-electron chi connectivity index (χ2n) is 7.56. The fourth-order valence-corrected chi connectivity index (χ4v) is 3.94. The molecule has 1 atom stereocenters. The van der Waals surface area contributed by atoms with E-state index in [9.17, 15) is 9.59 Å². The number of ether oxygens (including phenoxy) is 1. The average Bonchev–Trinajstić information content (AvgIpc) is 3.19. The largest absolute Gasteiger partial charge is 0.368 e. The fourth-order valence-electron chi connectivity index (χ4n) is 3.94. The van der Waals surface area contributed by atoms with Crippen LogP contribution in [0.1, 0.15) is 51.4 Å². The Morgan fingerprint density at radius 1 is 1.04 bits per heavy atom. The van der Waals surface area contributed by atoms with Crippen LogP contribution in [0.25, 0.3) is 0 Å². The molecule has 0 spiro atoms. The molecule has 3 rings (SSSR count). The van der Waals surface area contributed by atoms with Crippen molar-refractivity contribution in [3.05, 3.63) is 24.3 Å². The van der Waals surface area contributed by atoms with Gasteiger partial charge in [0.15, 0.2) is 0 Å². The zero-order chi connectivity index (χ0) is 18.4. The van der Waals surface area contributed by atoms with Crippen LogP contribution in [-0.2, 0) is 14.3 Å². The molecule has 2 aliphatic rings. The molecule has 0 aromatic heterocycles. The highest BCUT2D eigenvalue weighted by atomic mass is 16.5. The summed E-state index contributed by atoms with van der Waals surface area (Å²) in [6, 6.07) is 7.20. The number of nitrogens with one attached hydrogen (secondary N) is 2. The summed E-state index contributed by atoms with van der Waals surface area (Å²) in [7, 11) is 0. The van der Waals surface area contributed by atoms with Crippen LogP contribution in [0.5, 0.6) is 0 Å². The molecule has 2 fully saturated rings. The lowest BCUT2D eigenvalue weighted by molar-refractivity contribution is -0.124. The zero-order valence-corrected chi connectivity index (χ0v) is 15.3. The molecule has 1 heterocycles. The van der Waals surface area contributed by atoms with E-state index < -0.39 is 0 Å². The molecule has 1 aromatic rings. The first kappa shape index (κ1) is 18.9. The first-order valence-corrected chi connectivity index (χ1v) is 9.63. The fraction of sp³-hybridized carbons (Fsp3) is 0.600. The second kappa shape index (κ2) is 8.64. The maximum atomic E-state index is 12.4. The summed E-state index contributed by atoms with van der Waals surface area (Å²) in [5.41, 5.74) is 7.36. The van der Waals surface area contributed by atoms with Gasteiger partial charge in [-0.1, -0.05) is 19.3 Å². The smallest absolute Gasteiger partial charge is 0.253 e. The summed E-state index contributed by atoms with van der Waals surface area (Å²) in [5, 5.41) is 5.80. The summed E-state index contributed by atoms with van der Waals surface area (Å²) in [6.45, 7) is 1.21. The van der Waals surface area contributed by atoms with Crippen LogP contribution in [0.4, 0.5) is 11.4 Å². The molecular formula is C20H29N3O3. The highest BCUT2D eigenvalue weighted by Gasteiger charge is 2.33. The Hall–Kier alpha value is -1.92. The van der Waals surface area contributed by atoms with E-state index >= 15 is 0 Å². The highest BCUT2D eigenvalue weighted by Crippen LogP contribution is 2.38. The van der Waals surface area contributed by atoms with Gasteiger partial charge in [-0.15, -0.1) is 0 Å². The third-order valence-corrected chi connectivity index (χ3v) is 5.54. The normalized spacial score (nSPS) is 22.0. The van der Waals surface area contributed by atoms with Gasteiger partial charge in [0.25, 0.3) is 5.91 Å². The maximum absolute atomic E-state index is 12.4. The van der Waals surface area contributed by atoms with Crippen LogP contribution < -0.4 is 16.4 Å². The molecule has 4 N–H and O–H groups in total. The highest BCUT2D eigenvalue weighted by molar-refractivity contribution is 5.95. The van der Waals surface area contributed by atoms with Crippen LogP contribution in [0.3, 0.4) is 0 Å². The van der Waals surface area contributed by atoms with Gasteiger partial charge in [-0.3, -0.25) is 9.59 Å². The van der Waals surface area contributed by atoms with Gasteiger partial charge in [0.2, 0.25) is 5.91 Å². The number of carbonyl (C=O) groups is 2. The van der Waals surface area contributed by atoms with Crippen LogP contribution in [0.2, 0.25) is 0 Å². The molecule has 2 amide bonds. The number of benzene rings is 1. The molecule has 1 aliphatic heterocycles. The number of carbonyl (C=O) groups excluding carboxylic acids is 2. The third-order valence-electron chi connectivity index (χ3n) is 5.54. The van der Waals surface area contributed by atoms with E-state index in [1.54, 1.807) is 24.3 Å². The lowest BCUT2D eigenvalue weighted by atomic mass is 9.71. The van der Waals surface area contributed by atoms with Gasteiger partial charge in [0.1, 0.15) is 6.10 Å². The van der Waals surface area contributed by atoms with E-state index in [2.05, 4.69) is 10.6 Å². The van der Waals surface area contributed by atoms with Crippen LogP contribution in [0.15, 0.2) is 24.3 Å². The first-order valence-electron chi connectivity index (χ1n) is 9.63. The minimum Gasteiger partial charge on any atom is -0.368 e. The molecule has 1 aliphatic carbocycles. The summed E-state index contributed by atoms with van der Waals surface area (Å²) in [5.74, 6) is -0.102. The second-order valence-corrected chi connectivity index (χ2v) is 7.56. The number of hydrogen-bond acceptors (Lipinski definition) is 4. The minimum absolute atomic E-state index is 0.00786. The van der Waals surface area contributed by atoms with Gasteiger partial charge in [0.05, 0.1) is 0 Å². The van der Waals surface area contributed by atoms with Gasteiger partial charge in [-0.25, -0.2) is 0 Å². The Labute approximate surface area is 154 Å². The van der Waals surface area contributed by atoms with Crippen molar-refractivity contribution < 1.29 is 14.3 Å². The Bertz CT molecular complexity index is 618. The lowest BCUT2D eigenvalue weighted by Gasteiger charge is -2.35. The van der Waals surface area contributed by atoms with Gasteiger partial charge in [-0.05, 0) is 61.9 Å². The molecule has 6 nitrogen and oxygen atoms in total. The number of amides is 2. The topological polar surface area (TPSA) is 93.5 Å². The van der Waals surface area contributed by atoms with E-state index in [4.69, 9.17) is 10.5 Å². The molecule has 1 unspecified atom stereocenters.